The van der Waals surface area contributed by atoms with Gasteiger partial charge in [0.15, 0.2) is 0 Å². The van der Waals surface area contributed by atoms with Gasteiger partial charge in [0.1, 0.15) is 0 Å². The Labute approximate surface area is 72.2 Å². The maximum absolute atomic E-state index is 10.8. The van der Waals surface area contributed by atoms with E-state index < -0.39 is 0 Å². The summed E-state index contributed by atoms with van der Waals surface area (Å²) < 4.78 is 9.91. The van der Waals surface area contributed by atoms with Crippen LogP contribution in [0.4, 0.5) is 0 Å². The molecule has 1 aliphatic rings. The number of hydrogen-bond donors (Lipinski definition) is 1. The summed E-state index contributed by atoms with van der Waals surface area (Å²) in [4.78, 5) is 10.8. The number of nitrogens with one attached hydrogen (secondary N) is 1. The highest BCUT2D eigenvalue weighted by atomic mass is 16.5. The Morgan fingerprint density at radius 3 is 3.00 bits per heavy atom. The van der Waals surface area contributed by atoms with Gasteiger partial charge in [-0.15, -0.1) is 0 Å². The Kier molecular flexibility index (Phi) is 3.49. The molecule has 1 aliphatic heterocycles. The van der Waals surface area contributed by atoms with Crippen molar-refractivity contribution in [1.29, 1.82) is 0 Å². The van der Waals surface area contributed by atoms with Gasteiger partial charge in [-0.2, -0.15) is 0 Å². The molecule has 0 amide bonds. The molecular weight excluding hydrogens is 158 g/mol. The third-order valence-corrected chi connectivity index (χ3v) is 1.92. The lowest BCUT2D eigenvalue weighted by Crippen LogP contribution is -2.46. The van der Waals surface area contributed by atoms with E-state index in [1.807, 2.05) is 6.92 Å². The third kappa shape index (κ3) is 2.79. The summed E-state index contributed by atoms with van der Waals surface area (Å²) in [7, 11) is 1.40. The standard InChI is InChI=1S/C8H15NO3/c1-6-4-9-7(5-12-6)3-8(10)11-2/h6-7,9H,3-5H2,1-2H3. The van der Waals surface area contributed by atoms with E-state index in [0.29, 0.717) is 13.0 Å². The molecule has 0 radical (unpaired) electrons. The fraction of sp³-hybridized carbons (Fsp3) is 0.875. The van der Waals surface area contributed by atoms with Crippen LogP contribution in [-0.4, -0.2) is 38.4 Å². The van der Waals surface area contributed by atoms with Gasteiger partial charge in [0.05, 0.1) is 26.2 Å². The highest BCUT2D eigenvalue weighted by Crippen LogP contribution is 2.03. The Balaban J connectivity index is 2.21. The number of carbonyl (C=O) groups is 1. The van der Waals surface area contributed by atoms with Crippen molar-refractivity contribution in [2.75, 3.05) is 20.3 Å². The molecule has 0 bridgehead atoms. The van der Waals surface area contributed by atoms with Gasteiger partial charge in [-0.25, -0.2) is 0 Å². The average Bonchev–Trinajstić information content (AvgIpc) is 2.09. The summed E-state index contributed by atoms with van der Waals surface area (Å²) in [5.41, 5.74) is 0. The third-order valence-electron chi connectivity index (χ3n) is 1.92. The summed E-state index contributed by atoms with van der Waals surface area (Å²) in [5, 5.41) is 3.21. The largest absolute Gasteiger partial charge is 0.469 e. The molecule has 4 nitrogen and oxygen atoms in total. The zero-order valence-corrected chi connectivity index (χ0v) is 7.50. The second-order valence-corrected chi connectivity index (χ2v) is 3.03. The van der Waals surface area contributed by atoms with Crippen molar-refractivity contribution >= 4 is 5.97 Å². The van der Waals surface area contributed by atoms with Crippen molar-refractivity contribution in [2.45, 2.75) is 25.5 Å². The SMILES string of the molecule is COC(=O)CC1COC(C)CN1. The fourth-order valence-corrected chi connectivity index (χ4v) is 1.15. The van der Waals surface area contributed by atoms with Crippen LogP contribution in [0.1, 0.15) is 13.3 Å². The highest BCUT2D eigenvalue weighted by molar-refractivity contribution is 5.69. The first-order chi connectivity index (χ1) is 5.72. The zero-order chi connectivity index (χ0) is 8.97. The van der Waals surface area contributed by atoms with Gasteiger partial charge in [0.25, 0.3) is 0 Å². The van der Waals surface area contributed by atoms with E-state index in [4.69, 9.17) is 4.74 Å². The molecule has 0 aliphatic carbocycles. The van der Waals surface area contributed by atoms with Crippen LogP contribution in [-0.2, 0) is 14.3 Å². The van der Waals surface area contributed by atoms with E-state index in [2.05, 4.69) is 10.1 Å². The molecule has 1 saturated heterocycles. The van der Waals surface area contributed by atoms with Crippen LogP contribution < -0.4 is 5.32 Å². The van der Waals surface area contributed by atoms with Gasteiger partial charge >= 0.3 is 5.97 Å². The molecule has 1 N–H and O–H groups in total. The first-order valence-electron chi connectivity index (χ1n) is 4.14. The first-order valence-corrected chi connectivity index (χ1v) is 4.14. The summed E-state index contributed by atoms with van der Waals surface area (Å²) in [5.74, 6) is -0.189. The molecule has 0 aromatic heterocycles. The van der Waals surface area contributed by atoms with E-state index in [9.17, 15) is 4.79 Å². The van der Waals surface area contributed by atoms with Gasteiger partial charge in [-0.3, -0.25) is 4.79 Å². The molecular formula is C8H15NO3. The van der Waals surface area contributed by atoms with Crippen molar-refractivity contribution < 1.29 is 14.3 Å². The normalized spacial score (nSPS) is 29.8. The number of esters is 1. The molecule has 0 aromatic rings. The van der Waals surface area contributed by atoms with Crippen molar-refractivity contribution in [1.82, 2.24) is 5.32 Å². The first kappa shape index (κ1) is 9.48. The highest BCUT2D eigenvalue weighted by Gasteiger charge is 2.20. The minimum atomic E-state index is -0.189. The molecule has 0 spiro atoms. The van der Waals surface area contributed by atoms with Crippen LogP contribution in [0.3, 0.4) is 0 Å². The summed E-state index contributed by atoms with van der Waals surface area (Å²) in [6.45, 7) is 3.40. The van der Waals surface area contributed by atoms with E-state index in [1.54, 1.807) is 0 Å². The molecule has 4 heteroatoms. The van der Waals surface area contributed by atoms with Crippen molar-refractivity contribution in [3.8, 4) is 0 Å². The molecule has 2 unspecified atom stereocenters. The van der Waals surface area contributed by atoms with E-state index in [1.165, 1.54) is 7.11 Å². The van der Waals surface area contributed by atoms with Crippen molar-refractivity contribution in [3.63, 3.8) is 0 Å². The van der Waals surface area contributed by atoms with Crippen LogP contribution in [0.15, 0.2) is 0 Å². The molecule has 0 aromatic carbocycles. The number of ether oxygens (including phenoxy) is 2. The predicted octanol–water partition coefficient (Wildman–Crippen LogP) is -0.0736. The van der Waals surface area contributed by atoms with Gasteiger partial charge in [-0.05, 0) is 6.92 Å². The fourth-order valence-electron chi connectivity index (χ4n) is 1.15. The second kappa shape index (κ2) is 4.42. The average molecular weight is 173 g/mol. The van der Waals surface area contributed by atoms with Crippen LogP contribution in [0.2, 0.25) is 0 Å². The number of methoxy groups -OCH3 is 1. The van der Waals surface area contributed by atoms with E-state index in [-0.39, 0.29) is 18.1 Å². The number of carbonyl (C=O) groups excluding carboxylic acids is 1. The zero-order valence-electron chi connectivity index (χ0n) is 7.50. The lowest BCUT2D eigenvalue weighted by molar-refractivity contribution is -0.142. The topological polar surface area (TPSA) is 47.6 Å². The summed E-state index contributed by atoms with van der Waals surface area (Å²) in [6.07, 6.45) is 0.641. The lowest BCUT2D eigenvalue weighted by atomic mass is 10.2. The van der Waals surface area contributed by atoms with Crippen LogP contribution in [0, 0.1) is 0 Å². The number of hydrogen-bond acceptors (Lipinski definition) is 4. The molecule has 12 heavy (non-hydrogen) atoms. The summed E-state index contributed by atoms with van der Waals surface area (Å²) >= 11 is 0. The molecule has 1 heterocycles. The Morgan fingerprint density at radius 1 is 1.75 bits per heavy atom. The minimum Gasteiger partial charge on any atom is -0.469 e. The molecule has 1 fully saturated rings. The van der Waals surface area contributed by atoms with E-state index in [0.717, 1.165) is 6.54 Å². The molecule has 0 saturated carbocycles. The van der Waals surface area contributed by atoms with Crippen molar-refractivity contribution in [3.05, 3.63) is 0 Å². The monoisotopic (exact) mass is 173 g/mol. The van der Waals surface area contributed by atoms with Gasteiger partial charge < -0.3 is 14.8 Å². The quantitative estimate of drug-likeness (QED) is 0.594. The smallest absolute Gasteiger partial charge is 0.307 e. The number of rotatable bonds is 2. The van der Waals surface area contributed by atoms with Gasteiger partial charge in [0.2, 0.25) is 0 Å². The van der Waals surface area contributed by atoms with Crippen LogP contribution in [0.5, 0.6) is 0 Å². The lowest BCUT2D eigenvalue weighted by Gasteiger charge is -2.27. The maximum atomic E-state index is 10.8. The minimum absolute atomic E-state index is 0.119. The van der Waals surface area contributed by atoms with Crippen LogP contribution in [0.25, 0.3) is 0 Å². The predicted molar refractivity (Wildman–Crippen MR) is 43.8 cm³/mol. The molecule has 2 atom stereocenters. The molecule has 70 valence electrons. The number of morpholine rings is 1. The van der Waals surface area contributed by atoms with Crippen LogP contribution >= 0.6 is 0 Å². The molecule has 1 rings (SSSR count). The Hall–Kier alpha value is -0.610. The Bertz CT molecular complexity index is 152. The van der Waals surface area contributed by atoms with Gasteiger partial charge in [-0.1, -0.05) is 0 Å². The van der Waals surface area contributed by atoms with Crippen molar-refractivity contribution in [2.24, 2.45) is 0 Å². The van der Waals surface area contributed by atoms with E-state index >= 15 is 0 Å². The maximum Gasteiger partial charge on any atom is 0.307 e. The second-order valence-electron chi connectivity index (χ2n) is 3.03. The Morgan fingerprint density at radius 2 is 2.50 bits per heavy atom. The summed E-state index contributed by atoms with van der Waals surface area (Å²) in [6, 6.07) is 0.119. The van der Waals surface area contributed by atoms with Gasteiger partial charge in [0, 0.05) is 12.6 Å².